The van der Waals surface area contributed by atoms with Crippen molar-refractivity contribution in [3.05, 3.63) is 84.1 Å². The van der Waals surface area contributed by atoms with E-state index >= 15 is 0 Å². The van der Waals surface area contributed by atoms with Gasteiger partial charge in [0.1, 0.15) is 11.5 Å². The molecule has 5 heteroatoms. The van der Waals surface area contributed by atoms with Crippen LogP contribution < -0.4 is 0 Å². The van der Waals surface area contributed by atoms with Crippen molar-refractivity contribution < 1.29 is 9.21 Å². The van der Waals surface area contributed by atoms with Crippen LogP contribution in [-0.4, -0.2) is 27.8 Å². The summed E-state index contributed by atoms with van der Waals surface area (Å²) < 4.78 is 5.61. The van der Waals surface area contributed by atoms with Crippen LogP contribution in [0.4, 0.5) is 0 Å². The molecule has 0 aliphatic carbocycles. The van der Waals surface area contributed by atoms with E-state index in [2.05, 4.69) is 4.98 Å². The zero-order valence-corrected chi connectivity index (χ0v) is 15.2. The Balaban J connectivity index is 1.76. The third kappa shape index (κ3) is 3.44. The van der Waals surface area contributed by atoms with Crippen molar-refractivity contribution in [1.82, 2.24) is 14.9 Å². The maximum Gasteiger partial charge on any atom is 0.254 e. The Morgan fingerprint density at radius 3 is 2.59 bits per heavy atom. The zero-order valence-electron chi connectivity index (χ0n) is 15.2. The van der Waals surface area contributed by atoms with Crippen LogP contribution in [0.2, 0.25) is 0 Å². The third-order valence-corrected chi connectivity index (χ3v) is 4.46. The molecule has 0 fully saturated rings. The van der Waals surface area contributed by atoms with Gasteiger partial charge < -0.3 is 9.32 Å². The minimum absolute atomic E-state index is 0.0713. The van der Waals surface area contributed by atoms with Gasteiger partial charge in [0.05, 0.1) is 23.3 Å². The van der Waals surface area contributed by atoms with Crippen LogP contribution in [0.15, 0.2) is 71.4 Å². The van der Waals surface area contributed by atoms with Gasteiger partial charge in [0, 0.05) is 30.4 Å². The topological polar surface area (TPSA) is 59.2 Å². The van der Waals surface area contributed by atoms with Crippen molar-refractivity contribution in [3.63, 3.8) is 0 Å². The summed E-state index contributed by atoms with van der Waals surface area (Å²) in [5.41, 5.74) is 3.09. The van der Waals surface area contributed by atoms with Crippen LogP contribution in [0.3, 0.4) is 0 Å². The average molecular weight is 357 g/mol. The maximum atomic E-state index is 13.2. The van der Waals surface area contributed by atoms with Crippen LogP contribution in [0.1, 0.15) is 21.9 Å². The Morgan fingerprint density at radius 1 is 1.07 bits per heavy atom. The van der Waals surface area contributed by atoms with E-state index in [1.165, 1.54) is 0 Å². The number of aryl methyl sites for hydroxylation is 1. The Morgan fingerprint density at radius 2 is 1.85 bits per heavy atom. The fraction of sp³-hybridized carbons (Fsp3) is 0.136. The number of rotatable bonds is 4. The van der Waals surface area contributed by atoms with Gasteiger partial charge in [-0.15, -0.1) is 0 Å². The summed E-state index contributed by atoms with van der Waals surface area (Å²) >= 11 is 0. The van der Waals surface area contributed by atoms with E-state index in [1.807, 2.05) is 61.5 Å². The first kappa shape index (κ1) is 17.0. The smallest absolute Gasteiger partial charge is 0.254 e. The Kier molecular flexibility index (Phi) is 4.42. The van der Waals surface area contributed by atoms with Crippen molar-refractivity contribution in [1.29, 1.82) is 0 Å². The van der Waals surface area contributed by atoms with Crippen molar-refractivity contribution in [2.75, 3.05) is 7.05 Å². The minimum Gasteiger partial charge on any atom is -0.464 e. The van der Waals surface area contributed by atoms with Gasteiger partial charge in [0.2, 0.25) is 0 Å². The number of pyridine rings is 2. The highest BCUT2D eigenvalue weighted by Crippen LogP contribution is 2.25. The molecule has 0 aliphatic heterocycles. The van der Waals surface area contributed by atoms with E-state index in [9.17, 15) is 4.79 Å². The normalized spacial score (nSPS) is 10.9. The number of fused-ring (bicyclic) bond motifs is 1. The molecule has 4 rings (SSSR count). The molecule has 0 saturated heterocycles. The molecule has 1 amide bonds. The number of hydrogen-bond acceptors (Lipinski definition) is 4. The molecule has 0 unspecified atom stereocenters. The van der Waals surface area contributed by atoms with Crippen LogP contribution in [-0.2, 0) is 6.54 Å². The summed E-state index contributed by atoms with van der Waals surface area (Å²) in [7, 11) is 1.78. The number of aromatic nitrogens is 2. The summed E-state index contributed by atoms with van der Waals surface area (Å²) in [6, 6.07) is 17.1. The standard InChI is InChI=1S/C22H19N3O2/c1-15-7-8-17(27-15)14-25(2)22(26)19-13-21(16-9-11-23-12-10-16)24-20-6-4-3-5-18(19)20/h3-13H,14H2,1-2H3. The molecule has 134 valence electrons. The number of amides is 1. The van der Waals surface area contributed by atoms with E-state index in [0.717, 1.165) is 33.7 Å². The van der Waals surface area contributed by atoms with E-state index in [0.29, 0.717) is 12.1 Å². The van der Waals surface area contributed by atoms with Crippen LogP contribution in [0.5, 0.6) is 0 Å². The molecule has 0 spiro atoms. The molecule has 0 aliphatic rings. The number of furan rings is 1. The number of benzene rings is 1. The SMILES string of the molecule is Cc1ccc(CN(C)C(=O)c2cc(-c3ccncc3)nc3ccccc23)o1. The van der Waals surface area contributed by atoms with E-state index in [4.69, 9.17) is 9.40 Å². The van der Waals surface area contributed by atoms with Gasteiger partial charge in [-0.2, -0.15) is 0 Å². The van der Waals surface area contributed by atoms with Gasteiger partial charge in [-0.25, -0.2) is 4.98 Å². The number of hydrogen-bond donors (Lipinski definition) is 0. The first-order valence-electron chi connectivity index (χ1n) is 8.73. The largest absolute Gasteiger partial charge is 0.464 e. The second-order valence-corrected chi connectivity index (χ2v) is 6.48. The molecule has 0 bridgehead atoms. The molecular formula is C22H19N3O2. The highest BCUT2D eigenvalue weighted by Gasteiger charge is 2.18. The van der Waals surface area contributed by atoms with Gasteiger partial charge >= 0.3 is 0 Å². The summed E-state index contributed by atoms with van der Waals surface area (Å²) in [5.74, 6) is 1.52. The Bertz CT molecular complexity index is 1100. The third-order valence-electron chi connectivity index (χ3n) is 4.46. The predicted octanol–water partition coefficient (Wildman–Crippen LogP) is 4.47. The molecule has 4 aromatic rings. The van der Waals surface area contributed by atoms with E-state index in [-0.39, 0.29) is 5.91 Å². The summed E-state index contributed by atoms with van der Waals surface area (Å²) in [6.45, 7) is 2.30. The van der Waals surface area contributed by atoms with Gasteiger partial charge in [-0.3, -0.25) is 9.78 Å². The highest BCUT2D eigenvalue weighted by molar-refractivity contribution is 6.07. The van der Waals surface area contributed by atoms with Crippen molar-refractivity contribution in [2.45, 2.75) is 13.5 Å². The van der Waals surface area contributed by atoms with E-state index < -0.39 is 0 Å². The Labute approximate surface area is 157 Å². The molecule has 5 nitrogen and oxygen atoms in total. The molecule has 27 heavy (non-hydrogen) atoms. The molecule has 0 atom stereocenters. The van der Waals surface area contributed by atoms with Crippen molar-refractivity contribution >= 4 is 16.8 Å². The molecule has 0 N–H and O–H groups in total. The lowest BCUT2D eigenvalue weighted by Crippen LogP contribution is -2.26. The Hall–Kier alpha value is -3.47. The molecule has 1 aromatic carbocycles. The van der Waals surface area contributed by atoms with Gasteiger partial charge in [-0.05, 0) is 43.3 Å². The summed E-state index contributed by atoms with van der Waals surface area (Å²) in [6.07, 6.45) is 3.44. The lowest BCUT2D eigenvalue weighted by molar-refractivity contribution is 0.0777. The minimum atomic E-state index is -0.0713. The lowest BCUT2D eigenvalue weighted by Gasteiger charge is -2.18. The van der Waals surface area contributed by atoms with E-state index in [1.54, 1.807) is 24.3 Å². The molecular weight excluding hydrogens is 338 g/mol. The molecule has 3 aromatic heterocycles. The number of para-hydroxylation sites is 1. The maximum absolute atomic E-state index is 13.2. The predicted molar refractivity (Wildman–Crippen MR) is 104 cm³/mol. The second-order valence-electron chi connectivity index (χ2n) is 6.48. The van der Waals surface area contributed by atoms with Gasteiger partial charge in [0.15, 0.2) is 0 Å². The molecule has 0 radical (unpaired) electrons. The monoisotopic (exact) mass is 357 g/mol. The van der Waals surface area contributed by atoms with Gasteiger partial charge in [-0.1, -0.05) is 18.2 Å². The zero-order chi connectivity index (χ0) is 18.8. The van der Waals surface area contributed by atoms with Crippen LogP contribution in [0, 0.1) is 6.92 Å². The fourth-order valence-corrected chi connectivity index (χ4v) is 3.10. The average Bonchev–Trinajstić information content (AvgIpc) is 3.11. The number of carbonyl (C=O) groups excluding carboxylic acids is 1. The number of nitrogens with zero attached hydrogens (tertiary/aromatic N) is 3. The molecule has 3 heterocycles. The molecule has 0 saturated carbocycles. The van der Waals surface area contributed by atoms with Crippen molar-refractivity contribution in [2.24, 2.45) is 0 Å². The van der Waals surface area contributed by atoms with Gasteiger partial charge in [0.25, 0.3) is 5.91 Å². The highest BCUT2D eigenvalue weighted by atomic mass is 16.3. The fourth-order valence-electron chi connectivity index (χ4n) is 3.10. The first-order chi connectivity index (χ1) is 13.1. The summed E-state index contributed by atoms with van der Waals surface area (Å²) in [4.78, 5) is 23.6. The number of carbonyl (C=O) groups is 1. The summed E-state index contributed by atoms with van der Waals surface area (Å²) in [5, 5.41) is 0.836. The first-order valence-corrected chi connectivity index (χ1v) is 8.73. The second kappa shape index (κ2) is 7.03. The lowest BCUT2D eigenvalue weighted by atomic mass is 10.0. The van der Waals surface area contributed by atoms with Crippen LogP contribution in [0.25, 0.3) is 22.2 Å². The quantitative estimate of drug-likeness (QED) is 0.541. The van der Waals surface area contributed by atoms with Crippen molar-refractivity contribution in [3.8, 4) is 11.3 Å². The van der Waals surface area contributed by atoms with Crippen LogP contribution >= 0.6 is 0 Å².